The van der Waals surface area contributed by atoms with Crippen molar-refractivity contribution in [2.24, 2.45) is 0 Å². The van der Waals surface area contributed by atoms with Crippen molar-refractivity contribution in [3.8, 4) is 0 Å². The highest BCUT2D eigenvalue weighted by Crippen LogP contribution is 2.34. The summed E-state index contributed by atoms with van der Waals surface area (Å²) < 4.78 is 40.5. The SMILES string of the molecule is CCn1cc(C)nc1Nc1cc(Br)cc(C(F)(F)F)c1. The first-order chi connectivity index (χ1) is 9.29. The molecule has 0 aliphatic heterocycles. The molecule has 1 aromatic carbocycles. The molecule has 0 atom stereocenters. The number of hydrogen-bond acceptors (Lipinski definition) is 2. The van der Waals surface area contributed by atoms with E-state index >= 15 is 0 Å². The zero-order valence-corrected chi connectivity index (χ0v) is 12.5. The van der Waals surface area contributed by atoms with Crippen molar-refractivity contribution in [2.75, 3.05) is 5.32 Å². The van der Waals surface area contributed by atoms with Crippen LogP contribution in [-0.2, 0) is 12.7 Å². The highest BCUT2D eigenvalue weighted by Gasteiger charge is 2.31. The maximum absolute atomic E-state index is 12.8. The molecule has 0 aliphatic rings. The van der Waals surface area contributed by atoms with Gasteiger partial charge >= 0.3 is 6.18 Å². The molecule has 3 nitrogen and oxygen atoms in total. The van der Waals surface area contributed by atoms with E-state index in [4.69, 9.17) is 0 Å². The molecule has 20 heavy (non-hydrogen) atoms. The molecule has 0 saturated heterocycles. The Labute approximate surface area is 123 Å². The number of imidazole rings is 1. The quantitative estimate of drug-likeness (QED) is 0.869. The Morgan fingerprint density at radius 1 is 1.30 bits per heavy atom. The van der Waals surface area contributed by atoms with Gasteiger partial charge in [0.05, 0.1) is 11.3 Å². The van der Waals surface area contributed by atoms with Gasteiger partial charge in [0, 0.05) is 22.9 Å². The lowest BCUT2D eigenvalue weighted by Crippen LogP contribution is -2.07. The van der Waals surface area contributed by atoms with E-state index in [1.54, 1.807) is 6.07 Å². The van der Waals surface area contributed by atoms with Crippen molar-refractivity contribution >= 4 is 27.6 Å². The van der Waals surface area contributed by atoms with Crippen LogP contribution in [0.4, 0.5) is 24.8 Å². The zero-order valence-electron chi connectivity index (χ0n) is 10.9. The first-order valence-electron chi connectivity index (χ1n) is 5.98. The number of halogens is 4. The molecule has 108 valence electrons. The van der Waals surface area contributed by atoms with E-state index in [9.17, 15) is 13.2 Å². The van der Waals surface area contributed by atoms with Crippen LogP contribution in [0.3, 0.4) is 0 Å². The monoisotopic (exact) mass is 347 g/mol. The third-order valence-electron chi connectivity index (χ3n) is 2.72. The van der Waals surface area contributed by atoms with Gasteiger partial charge in [0.1, 0.15) is 0 Å². The second-order valence-electron chi connectivity index (χ2n) is 4.34. The van der Waals surface area contributed by atoms with E-state index in [0.29, 0.717) is 22.7 Å². The molecule has 2 rings (SSSR count). The number of nitrogens with one attached hydrogen (secondary N) is 1. The Bertz CT molecular complexity index is 620. The smallest absolute Gasteiger partial charge is 0.326 e. The highest BCUT2D eigenvalue weighted by atomic mass is 79.9. The van der Waals surface area contributed by atoms with E-state index in [1.807, 2.05) is 24.6 Å². The third-order valence-corrected chi connectivity index (χ3v) is 3.18. The van der Waals surface area contributed by atoms with Gasteiger partial charge in [-0.1, -0.05) is 15.9 Å². The van der Waals surface area contributed by atoms with Crippen LogP contribution in [0.2, 0.25) is 0 Å². The molecule has 1 heterocycles. The van der Waals surface area contributed by atoms with Crippen molar-refractivity contribution in [3.63, 3.8) is 0 Å². The van der Waals surface area contributed by atoms with Gasteiger partial charge in [0.15, 0.2) is 0 Å². The molecule has 7 heteroatoms. The van der Waals surface area contributed by atoms with Crippen LogP contribution >= 0.6 is 15.9 Å². The van der Waals surface area contributed by atoms with Crippen molar-refractivity contribution in [1.29, 1.82) is 0 Å². The minimum Gasteiger partial charge on any atom is -0.326 e. The standard InChI is InChI=1S/C13H13BrF3N3/c1-3-20-7-8(2)18-12(20)19-11-5-9(13(15,16)17)4-10(14)6-11/h4-7H,3H2,1-2H3,(H,18,19). The largest absolute Gasteiger partial charge is 0.416 e. The Morgan fingerprint density at radius 3 is 2.60 bits per heavy atom. The van der Waals surface area contributed by atoms with E-state index in [2.05, 4.69) is 26.2 Å². The maximum atomic E-state index is 12.8. The van der Waals surface area contributed by atoms with E-state index < -0.39 is 11.7 Å². The van der Waals surface area contributed by atoms with Gasteiger partial charge < -0.3 is 9.88 Å². The summed E-state index contributed by atoms with van der Waals surface area (Å²) in [5.74, 6) is 0.524. The molecular weight excluding hydrogens is 335 g/mol. The van der Waals surface area contributed by atoms with Crippen molar-refractivity contribution in [2.45, 2.75) is 26.6 Å². The van der Waals surface area contributed by atoms with Crippen molar-refractivity contribution in [3.05, 3.63) is 40.1 Å². The molecule has 0 spiro atoms. The first kappa shape index (κ1) is 14.9. The van der Waals surface area contributed by atoms with Crippen LogP contribution < -0.4 is 5.32 Å². The number of alkyl halides is 3. The molecule has 0 aliphatic carbocycles. The van der Waals surface area contributed by atoms with Gasteiger partial charge in [-0.25, -0.2) is 4.98 Å². The van der Waals surface area contributed by atoms with Gasteiger partial charge in [-0.3, -0.25) is 0 Å². The van der Waals surface area contributed by atoms with E-state index in [0.717, 1.165) is 17.8 Å². The van der Waals surface area contributed by atoms with Gasteiger partial charge in [-0.2, -0.15) is 13.2 Å². The number of anilines is 2. The number of rotatable bonds is 3. The topological polar surface area (TPSA) is 29.9 Å². The van der Waals surface area contributed by atoms with Crippen LogP contribution in [0.1, 0.15) is 18.2 Å². The Morgan fingerprint density at radius 2 is 2.00 bits per heavy atom. The Balaban J connectivity index is 2.36. The van der Waals surface area contributed by atoms with Gasteiger partial charge in [-0.15, -0.1) is 0 Å². The summed E-state index contributed by atoms with van der Waals surface area (Å²) in [6.45, 7) is 4.46. The van der Waals surface area contributed by atoms with Gasteiger partial charge in [0.2, 0.25) is 5.95 Å². The number of nitrogens with zero attached hydrogens (tertiary/aromatic N) is 2. The van der Waals surface area contributed by atoms with Crippen LogP contribution in [0, 0.1) is 6.92 Å². The molecular formula is C13H13BrF3N3. The van der Waals surface area contributed by atoms with Gasteiger partial charge in [-0.05, 0) is 32.0 Å². The lowest BCUT2D eigenvalue weighted by atomic mass is 10.2. The fourth-order valence-electron chi connectivity index (χ4n) is 1.84. The lowest BCUT2D eigenvalue weighted by Gasteiger charge is -2.12. The number of hydrogen-bond donors (Lipinski definition) is 1. The molecule has 0 bridgehead atoms. The fourth-order valence-corrected chi connectivity index (χ4v) is 2.34. The molecule has 2 aromatic rings. The molecule has 0 radical (unpaired) electrons. The Hall–Kier alpha value is -1.50. The minimum atomic E-state index is -4.38. The summed E-state index contributed by atoms with van der Waals surface area (Å²) >= 11 is 3.09. The second kappa shape index (κ2) is 5.47. The third kappa shape index (κ3) is 3.33. The molecule has 0 saturated carbocycles. The summed E-state index contributed by atoms with van der Waals surface area (Å²) in [5, 5.41) is 2.92. The first-order valence-corrected chi connectivity index (χ1v) is 6.77. The molecule has 0 amide bonds. The van der Waals surface area contributed by atoms with Crippen molar-refractivity contribution in [1.82, 2.24) is 9.55 Å². The summed E-state index contributed by atoms with van der Waals surface area (Å²) in [5.41, 5.74) is 0.438. The van der Waals surface area contributed by atoms with E-state index in [1.165, 1.54) is 0 Å². The molecule has 0 unspecified atom stereocenters. The predicted octanol–water partition coefficient (Wildman–Crippen LogP) is 4.74. The lowest BCUT2D eigenvalue weighted by molar-refractivity contribution is -0.137. The highest BCUT2D eigenvalue weighted by molar-refractivity contribution is 9.10. The Kier molecular flexibility index (Phi) is 4.08. The number of aromatic nitrogens is 2. The summed E-state index contributed by atoms with van der Waals surface area (Å²) in [7, 11) is 0. The average molecular weight is 348 g/mol. The molecule has 1 N–H and O–H groups in total. The number of aryl methyl sites for hydroxylation is 2. The zero-order chi connectivity index (χ0) is 14.9. The number of benzene rings is 1. The van der Waals surface area contributed by atoms with Crippen LogP contribution in [0.15, 0.2) is 28.9 Å². The normalized spacial score (nSPS) is 11.7. The molecule has 0 fully saturated rings. The average Bonchev–Trinajstić information content (AvgIpc) is 2.67. The van der Waals surface area contributed by atoms with Crippen molar-refractivity contribution < 1.29 is 13.2 Å². The summed E-state index contributed by atoms with van der Waals surface area (Å²) in [6.07, 6.45) is -2.54. The fraction of sp³-hybridized carbons (Fsp3) is 0.308. The predicted molar refractivity (Wildman–Crippen MR) is 75.1 cm³/mol. The summed E-state index contributed by atoms with van der Waals surface area (Å²) in [6, 6.07) is 3.69. The second-order valence-corrected chi connectivity index (χ2v) is 5.26. The molecule has 1 aromatic heterocycles. The van der Waals surface area contributed by atoms with Crippen LogP contribution in [0.5, 0.6) is 0 Å². The van der Waals surface area contributed by atoms with Crippen LogP contribution in [-0.4, -0.2) is 9.55 Å². The summed E-state index contributed by atoms with van der Waals surface area (Å²) in [4.78, 5) is 4.25. The van der Waals surface area contributed by atoms with Crippen LogP contribution in [0.25, 0.3) is 0 Å². The van der Waals surface area contributed by atoms with Gasteiger partial charge in [0.25, 0.3) is 0 Å². The minimum absolute atomic E-state index is 0.340. The maximum Gasteiger partial charge on any atom is 0.416 e. The van der Waals surface area contributed by atoms with E-state index in [-0.39, 0.29) is 0 Å².